The van der Waals surface area contributed by atoms with Crippen molar-refractivity contribution in [1.82, 2.24) is 14.9 Å². The van der Waals surface area contributed by atoms with Crippen molar-refractivity contribution in [2.24, 2.45) is 0 Å². The van der Waals surface area contributed by atoms with Crippen LogP contribution in [0.4, 0.5) is 15.0 Å². The first-order valence-corrected chi connectivity index (χ1v) is 9.88. The minimum absolute atomic E-state index is 0.00321. The number of piperazine rings is 1. The molecule has 3 aliphatic heterocycles. The zero-order valence-electron chi connectivity index (χ0n) is 15.2. The molecule has 5 rings (SSSR count). The van der Waals surface area contributed by atoms with Crippen molar-refractivity contribution >= 4 is 50.3 Å². The summed E-state index contributed by atoms with van der Waals surface area (Å²) < 4.78 is 20.3. The SMILES string of the molecule is CC(C)(C)OC(=O)N1CC2CC(C1)N2c1nc(Cl)nc2c(F)c(Br)ccc12. The second-order valence-electron chi connectivity index (χ2n) is 7.91. The number of carbonyl (C=O) groups excluding carboxylic acids is 1. The topological polar surface area (TPSA) is 58.6 Å². The van der Waals surface area contributed by atoms with Crippen LogP contribution in [0.15, 0.2) is 16.6 Å². The van der Waals surface area contributed by atoms with E-state index in [1.807, 2.05) is 20.8 Å². The number of anilines is 1. The number of ether oxygens (including phenoxy) is 1. The first-order valence-electron chi connectivity index (χ1n) is 8.71. The molecule has 27 heavy (non-hydrogen) atoms. The van der Waals surface area contributed by atoms with E-state index in [4.69, 9.17) is 16.3 Å². The fourth-order valence-corrected chi connectivity index (χ4v) is 4.21. The zero-order chi connectivity index (χ0) is 19.5. The Morgan fingerprint density at radius 2 is 1.96 bits per heavy atom. The molecule has 4 heterocycles. The van der Waals surface area contributed by atoms with E-state index < -0.39 is 11.4 Å². The lowest BCUT2D eigenvalue weighted by Crippen LogP contribution is -2.70. The van der Waals surface area contributed by atoms with Crippen LogP contribution < -0.4 is 4.90 Å². The largest absolute Gasteiger partial charge is 0.444 e. The lowest BCUT2D eigenvalue weighted by atomic mass is 9.87. The average Bonchev–Trinajstić information content (AvgIpc) is 2.57. The van der Waals surface area contributed by atoms with Gasteiger partial charge in [-0.15, -0.1) is 0 Å². The summed E-state index contributed by atoms with van der Waals surface area (Å²) in [5, 5.41) is 0.615. The lowest BCUT2D eigenvalue weighted by Gasteiger charge is -2.56. The molecule has 3 aliphatic rings. The highest BCUT2D eigenvalue weighted by Gasteiger charge is 2.48. The Morgan fingerprint density at radius 3 is 2.59 bits per heavy atom. The third-order valence-electron chi connectivity index (χ3n) is 4.80. The molecule has 2 unspecified atom stereocenters. The normalized spacial score (nSPS) is 22.0. The Hall–Kier alpha value is -1.67. The number of hydrogen-bond acceptors (Lipinski definition) is 5. The first kappa shape index (κ1) is 18.7. The molecule has 9 heteroatoms. The Labute approximate surface area is 169 Å². The summed E-state index contributed by atoms with van der Waals surface area (Å²) in [6.45, 7) is 6.62. The highest BCUT2D eigenvalue weighted by molar-refractivity contribution is 9.10. The van der Waals surface area contributed by atoms with Gasteiger partial charge in [-0.2, -0.15) is 4.98 Å². The number of halogens is 3. The van der Waals surface area contributed by atoms with Gasteiger partial charge in [0.2, 0.25) is 5.28 Å². The van der Waals surface area contributed by atoms with E-state index in [0.717, 1.165) is 6.42 Å². The van der Waals surface area contributed by atoms with Crippen molar-refractivity contribution in [2.75, 3.05) is 18.0 Å². The molecule has 2 aromatic rings. The van der Waals surface area contributed by atoms with Gasteiger partial charge in [-0.1, -0.05) is 0 Å². The Bertz CT molecular complexity index is 924. The molecule has 1 amide bonds. The standard InChI is InChI=1S/C18H19BrClFN4O2/c1-18(2,3)27-17(26)24-7-9-6-10(8-24)25(9)15-11-4-5-12(19)13(21)14(11)22-16(20)23-15/h4-5,9-10H,6-8H2,1-3H3. The number of amides is 1. The molecule has 0 radical (unpaired) electrons. The van der Waals surface area contributed by atoms with Crippen molar-refractivity contribution in [2.45, 2.75) is 44.9 Å². The van der Waals surface area contributed by atoms with Crippen molar-refractivity contribution in [1.29, 1.82) is 0 Å². The molecule has 6 nitrogen and oxygen atoms in total. The molecule has 2 atom stereocenters. The Kier molecular flexibility index (Phi) is 4.46. The molecular weight excluding hydrogens is 439 g/mol. The third-order valence-corrected chi connectivity index (χ3v) is 5.58. The summed E-state index contributed by atoms with van der Waals surface area (Å²) >= 11 is 9.25. The molecule has 3 fully saturated rings. The van der Waals surface area contributed by atoms with E-state index in [9.17, 15) is 9.18 Å². The van der Waals surface area contributed by atoms with Gasteiger partial charge in [0.25, 0.3) is 0 Å². The van der Waals surface area contributed by atoms with Crippen molar-refractivity contribution < 1.29 is 13.9 Å². The van der Waals surface area contributed by atoms with Crippen molar-refractivity contribution in [3.8, 4) is 0 Å². The van der Waals surface area contributed by atoms with Crippen LogP contribution in [-0.2, 0) is 4.74 Å². The summed E-state index contributed by atoms with van der Waals surface area (Å²) in [5.41, 5.74) is -0.340. The van der Waals surface area contributed by atoms with Crippen LogP contribution in [0.25, 0.3) is 10.9 Å². The van der Waals surface area contributed by atoms with E-state index >= 15 is 0 Å². The summed E-state index contributed by atoms with van der Waals surface area (Å²) in [6.07, 6.45) is 0.638. The van der Waals surface area contributed by atoms with Crippen LogP contribution in [0.1, 0.15) is 27.2 Å². The van der Waals surface area contributed by atoms with Crippen LogP contribution in [0.3, 0.4) is 0 Å². The smallest absolute Gasteiger partial charge is 0.410 e. The zero-order valence-corrected chi connectivity index (χ0v) is 17.5. The maximum absolute atomic E-state index is 14.5. The maximum atomic E-state index is 14.5. The van der Waals surface area contributed by atoms with Crippen LogP contribution in [-0.4, -0.2) is 51.7 Å². The maximum Gasteiger partial charge on any atom is 0.410 e. The van der Waals surface area contributed by atoms with E-state index in [2.05, 4.69) is 30.8 Å². The number of fused-ring (bicyclic) bond motifs is 3. The van der Waals surface area contributed by atoms with Gasteiger partial charge in [0, 0.05) is 18.5 Å². The lowest BCUT2D eigenvalue weighted by molar-refractivity contribution is 0.00848. The molecule has 144 valence electrons. The molecule has 1 aromatic heterocycles. The van der Waals surface area contributed by atoms with Crippen LogP contribution in [0, 0.1) is 5.82 Å². The third kappa shape index (κ3) is 3.33. The van der Waals surface area contributed by atoms with Gasteiger partial charge in [0.05, 0.1) is 16.6 Å². The fraction of sp³-hybridized carbons (Fsp3) is 0.500. The van der Waals surface area contributed by atoms with E-state index in [1.54, 1.807) is 17.0 Å². The second-order valence-corrected chi connectivity index (χ2v) is 9.10. The number of piperidine rings is 1. The van der Waals surface area contributed by atoms with Gasteiger partial charge >= 0.3 is 6.09 Å². The summed E-state index contributed by atoms with van der Waals surface area (Å²) in [4.78, 5) is 24.6. The second kappa shape index (κ2) is 6.44. The number of rotatable bonds is 1. The van der Waals surface area contributed by atoms with Crippen LogP contribution >= 0.6 is 27.5 Å². The van der Waals surface area contributed by atoms with Gasteiger partial charge < -0.3 is 14.5 Å². The molecule has 3 saturated heterocycles. The van der Waals surface area contributed by atoms with E-state index in [-0.39, 0.29) is 29.0 Å². The monoisotopic (exact) mass is 456 g/mol. The Morgan fingerprint density at radius 1 is 1.30 bits per heavy atom. The van der Waals surface area contributed by atoms with Gasteiger partial charge in [-0.3, -0.25) is 0 Å². The van der Waals surface area contributed by atoms with Crippen LogP contribution in [0.2, 0.25) is 5.28 Å². The minimum atomic E-state index is -0.528. The number of nitrogens with zero attached hydrogens (tertiary/aromatic N) is 4. The minimum Gasteiger partial charge on any atom is -0.444 e. The van der Waals surface area contributed by atoms with Crippen molar-refractivity contribution in [3.05, 3.63) is 27.7 Å². The molecule has 0 spiro atoms. The number of benzene rings is 1. The van der Waals surface area contributed by atoms with Crippen molar-refractivity contribution in [3.63, 3.8) is 0 Å². The molecule has 2 bridgehead atoms. The average molecular weight is 458 g/mol. The highest BCUT2D eigenvalue weighted by atomic mass is 79.9. The molecule has 0 saturated carbocycles. The number of hydrogen-bond donors (Lipinski definition) is 0. The number of carbonyl (C=O) groups is 1. The van der Waals surface area contributed by atoms with Gasteiger partial charge in [0.15, 0.2) is 5.82 Å². The van der Waals surface area contributed by atoms with E-state index in [0.29, 0.717) is 28.8 Å². The van der Waals surface area contributed by atoms with Gasteiger partial charge in [-0.25, -0.2) is 14.2 Å². The highest BCUT2D eigenvalue weighted by Crippen LogP contribution is 2.40. The quantitative estimate of drug-likeness (QED) is 0.595. The summed E-state index contributed by atoms with van der Waals surface area (Å²) in [5.74, 6) is 0.153. The van der Waals surface area contributed by atoms with Gasteiger partial charge in [-0.05, 0) is 66.9 Å². The predicted molar refractivity (Wildman–Crippen MR) is 105 cm³/mol. The Balaban J connectivity index is 1.62. The predicted octanol–water partition coefficient (Wildman–Crippen LogP) is 4.38. The summed E-state index contributed by atoms with van der Waals surface area (Å²) in [7, 11) is 0. The fourth-order valence-electron chi connectivity index (χ4n) is 3.72. The van der Waals surface area contributed by atoms with Gasteiger partial charge in [0.1, 0.15) is 16.9 Å². The van der Waals surface area contributed by atoms with E-state index in [1.165, 1.54) is 0 Å². The molecule has 1 aromatic carbocycles. The number of aromatic nitrogens is 2. The van der Waals surface area contributed by atoms with Crippen LogP contribution in [0.5, 0.6) is 0 Å². The summed E-state index contributed by atoms with van der Waals surface area (Å²) in [6, 6.07) is 3.61. The molecule has 0 aliphatic carbocycles. The first-order chi connectivity index (χ1) is 12.6. The molecular formula is C18H19BrClFN4O2. The molecule has 0 N–H and O–H groups in total.